The lowest BCUT2D eigenvalue weighted by Gasteiger charge is -2.20. The zero-order chi connectivity index (χ0) is 12.5. The van der Waals surface area contributed by atoms with E-state index < -0.39 is 6.10 Å². The third kappa shape index (κ3) is 2.15. The molecule has 3 atom stereocenters. The van der Waals surface area contributed by atoms with E-state index in [-0.39, 0.29) is 17.9 Å². The first-order valence-corrected chi connectivity index (χ1v) is 7.55. The summed E-state index contributed by atoms with van der Waals surface area (Å²) >= 11 is 1.83. The molecule has 2 N–H and O–H groups in total. The molecule has 3 rings (SSSR count). The number of aliphatic hydroxyl groups excluding tert-OH is 1. The van der Waals surface area contributed by atoms with E-state index in [0.29, 0.717) is 6.42 Å². The van der Waals surface area contributed by atoms with E-state index in [1.807, 2.05) is 36.0 Å². The number of carbonyl (C=O) groups is 1. The molecule has 0 saturated carbocycles. The lowest BCUT2D eigenvalue weighted by atomic mass is 10.0. The van der Waals surface area contributed by atoms with Crippen LogP contribution < -0.4 is 5.32 Å². The molecule has 18 heavy (non-hydrogen) atoms. The summed E-state index contributed by atoms with van der Waals surface area (Å²) in [6.45, 7) is 0. The summed E-state index contributed by atoms with van der Waals surface area (Å²) < 4.78 is 0. The summed E-state index contributed by atoms with van der Waals surface area (Å²) in [5.74, 6) is 2.20. The normalized spacial score (nSPS) is 30.2. The Hall–Kier alpha value is -1.00. The number of benzene rings is 1. The van der Waals surface area contributed by atoms with Crippen molar-refractivity contribution in [3.05, 3.63) is 35.4 Å². The van der Waals surface area contributed by atoms with E-state index in [9.17, 15) is 9.90 Å². The van der Waals surface area contributed by atoms with Gasteiger partial charge >= 0.3 is 0 Å². The highest BCUT2D eigenvalue weighted by Crippen LogP contribution is 2.32. The van der Waals surface area contributed by atoms with Gasteiger partial charge in [-0.1, -0.05) is 24.3 Å². The van der Waals surface area contributed by atoms with Gasteiger partial charge in [-0.2, -0.15) is 11.8 Å². The Balaban J connectivity index is 1.74. The number of nitrogens with one attached hydrogen (secondary N) is 1. The molecule has 1 aromatic carbocycles. The van der Waals surface area contributed by atoms with Gasteiger partial charge in [0.2, 0.25) is 5.91 Å². The van der Waals surface area contributed by atoms with Gasteiger partial charge in [0, 0.05) is 18.1 Å². The minimum atomic E-state index is -0.486. The minimum absolute atomic E-state index is 0.0979. The van der Waals surface area contributed by atoms with E-state index in [1.165, 1.54) is 0 Å². The maximum absolute atomic E-state index is 12.1. The summed E-state index contributed by atoms with van der Waals surface area (Å²) in [4.78, 5) is 12.1. The molecule has 1 unspecified atom stereocenters. The summed E-state index contributed by atoms with van der Waals surface area (Å²) in [6, 6.07) is 7.74. The molecule has 1 aliphatic carbocycles. The van der Waals surface area contributed by atoms with Crippen LogP contribution in [0.15, 0.2) is 24.3 Å². The fourth-order valence-corrected chi connectivity index (χ4v) is 3.98. The average Bonchev–Trinajstić information content (AvgIpc) is 2.98. The van der Waals surface area contributed by atoms with Crippen LogP contribution in [0, 0.1) is 5.92 Å². The van der Waals surface area contributed by atoms with E-state index >= 15 is 0 Å². The second kappa shape index (κ2) is 4.94. The summed E-state index contributed by atoms with van der Waals surface area (Å²) in [7, 11) is 0. The van der Waals surface area contributed by atoms with Crippen molar-refractivity contribution in [3.8, 4) is 0 Å². The predicted molar refractivity (Wildman–Crippen MR) is 72.5 cm³/mol. The molecular weight excluding hydrogens is 246 g/mol. The second-order valence-electron chi connectivity index (χ2n) is 5.02. The topological polar surface area (TPSA) is 49.3 Å². The molecule has 96 valence electrons. The van der Waals surface area contributed by atoms with Crippen molar-refractivity contribution >= 4 is 17.7 Å². The molecule has 1 fully saturated rings. The first-order chi connectivity index (χ1) is 8.75. The molecule has 0 spiro atoms. The van der Waals surface area contributed by atoms with Gasteiger partial charge in [-0.15, -0.1) is 0 Å². The number of amides is 1. The van der Waals surface area contributed by atoms with Gasteiger partial charge in [0.1, 0.15) is 0 Å². The van der Waals surface area contributed by atoms with Crippen molar-refractivity contribution in [2.24, 2.45) is 5.92 Å². The van der Waals surface area contributed by atoms with Crippen molar-refractivity contribution < 1.29 is 9.90 Å². The molecule has 1 saturated heterocycles. The molecule has 3 nitrogen and oxygen atoms in total. The molecular formula is C14H17NO2S. The monoisotopic (exact) mass is 263 g/mol. The molecule has 0 radical (unpaired) electrons. The van der Waals surface area contributed by atoms with Crippen LogP contribution in [0.5, 0.6) is 0 Å². The fourth-order valence-electron chi connectivity index (χ4n) is 2.76. The van der Waals surface area contributed by atoms with E-state index in [0.717, 1.165) is 29.1 Å². The molecule has 4 heteroatoms. The zero-order valence-electron chi connectivity index (χ0n) is 10.1. The standard InChI is InChI=1S/C14H17NO2S/c16-12-7-9-3-1-2-4-11(9)13(12)15-14(17)10-5-6-18-8-10/h1-4,10,12-13,16H,5-8H2,(H,15,17)/t10?,12-,13+/m0/s1. The number of hydrogen-bond donors (Lipinski definition) is 2. The number of hydrogen-bond acceptors (Lipinski definition) is 3. The van der Waals surface area contributed by atoms with Gasteiger partial charge in [0.05, 0.1) is 12.1 Å². The van der Waals surface area contributed by atoms with Crippen LogP contribution in [0.25, 0.3) is 0 Å². The quantitative estimate of drug-likeness (QED) is 0.850. The van der Waals surface area contributed by atoms with Crippen LogP contribution in [0.3, 0.4) is 0 Å². The number of carbonyl (C=O) groups excluding carboxylic acids is 1. The predicted octanol–water partition coefficient (Wildman–Crippen LogP) is 1.51. The molecule has 1 aromatic rings. The van der Waals surface area contributed by atoms with Crippen molar-refractivity contribution in [1.29, 1.82) is 0 Å². The highest BCUT2D eigenvalue weighted by Gasteiger charge is 2.34. The lowest BCUT2D eigenvalue weighted by molar-refractivity contribution is -0.125. The van der Waals surface area contributed by atoms with Crippen molar-refractivity contribution in [3.63, 3.8) is 0 Å². The van der Waals surface area contributed by atoms with Crippen LogP contribution in [0.2, 0.25) is 0 Å². The average molecular weight is 263 g/mol. The van der Waals surface area contributed by atoms with Gasteiger partial charge in [-0.3, -0.25) is 4.79 Å². The van der Waals surface area contributed by atoms with E-state index in [2.05, 4.69) is 5.32 Å². The first kappa shape index (κ1) is 12.1. The Morgan fingerprint density at radius 1 is 1.39 bits per heavy atom. The molecule has 1 amide bonds. The highest BCUT2D eigenvalue weighted by atomic mass is 32.2. The van der Waals surface area contributed by atoms with Gasteiger partial charge in [-0.05, 0) is 23.3 Å². The maximum atomic E-state index is 12.1. The van der Waals surface area contributed by atoms with Crippen molar-refractivity contribution in [2.75, 3.05) is 11.5 Å². The SMILES string of the molecule is O=C(N[C@@H]1c2ccccc2C[C@@H]1O)C1CCSC1. The third-order valence-electron chi connectivity index (χ3n) is 3.80. The summed E-state index contributed by atoms with van der Waals surface area (Å²) in [5, 5.41) is 13.1. The van der Waals surface area contributed by atoms with Crippen molar-refractivity contribution in [2.45, 2.75) is 25.0 Å². The van der Waals surface area contributed by atoms with Gasteiger partial charge in [0.25, 0.3) is 0 Å². The molecule has 2 aliphatic rings. The highest BCUT2D eigenvalue weighted by molar-refractivity contribution is 7.99. The van der Waals surface area contributed by atoms with Gasteiger partial charge in [0.15, 0.2) is 0 Å². The largest absolute Gasteiger partial charge is 0.390 e. The second-order valence-corrected chi connectivity index (χ2v) is 6.17. The Bertz CT molecular complexity index is 457. The molecule has 0 aromatic heterocycles. The maximum Gasteiger partial charge on any atom is 0.224 e. The van der Waals surface area contributed by atoms with Crippen LogP contribution in [-0.4, -0.2) is 28.6 Å². The lowest BCUT2D eigenvalue weighted by Crippen LogP contribution is -2.37. The molecule has 1 aliphatic heterocycles. The number of thioether (sulfide) groups is 1. The number of aliphatic hydroxyl groups is 1. The third-order valence-corrected chi connectivity index (χ3v) is 4.96. The smallest absolute Gasteiger partial charge is 0.224 e. The summed E-state index contributed by atoms with van der Waals surface area (Å²) in [6.07, 6.45) is 1.11. The number of rotatable bonds is 2. The van der Waals surface area contributed by atoms with Crippen molar-refractivity contribution in [1.82, 2.24) is 5.32 Å². The Morgan fingerprint density at radius 3 is 3.00 bits per heavy atom. The van der Waals surface area contributed by atoms with Gasteiger partial charge < -0.3 is 10.4 Å². The summed E-state index contributed by atoms with van der Waals surface area (Å²) in [5.41, 5.74) is 2.22. The molecule has 0 bridgehead atoms. The first-order valence-electron chi connectivity index (χ1n) is 6.39. The van der Waals surface area contributed by atoms with E-state index in [1.54, 1.807) is 0 Å². The zero-order valence-corrected chi connectivity index (χ0v) is 11.0. The fraction of sp³-hybridized carbons (Fsp3) is 0.500. The van der Waals surface area contributed by atoms with Crippen LogP contribution in [0.1, 0.15) is 23.6 Å². The van der Waals surface area contributed by atoms with E-state index in [4.69, 9.17) is 0 Å². The van der Waals surface area contributed by atoms with Crippen LogP contribution in [0.4, 0.5) is 0 Å². The van der Waals surface area contributed by atoms with Crippen LogP contribution >= 0.6 is 11.8 Å². The van der Waals surface area contributed by atoms with Crippen LogP contribution in [-0.2, 0) is 11.2 Å². The Morgan fingerprint density at radius 2 is 2.22 bits per heavy atom. The Kier molecular flexibility index (Phi) is 3.31. The Labute approximate surface area is 111 Å². The minimum Gasteiger partial charge on any atom is -0.390 e. The van der Waals surface area contributed by atoms with Gasteiger partial charge in [-0.25, -0.2) is 0 Å². The molecule has 1 heterocycles. The number of fused-ring (bicyclic) bond motifs is 1.